The van der Waals surface area contributed by atoms with Gasteiger partial charge >= 0.3 is 5.97 Å². The highest BCUT2D eigenvalue weighted by atomic mass is 19.2. The SMILES string of the molecule is O=C(O)CC1(NC(=O)C2CC2c2ccc(F)c(F)c2)CCOC1. The quantitative estimate of drug-likeness (QED) is 0.866. The summed E-state index contributed by atoms with van der Waals surface area (Å²) in [6.07, 6.45) is 0.801. The number of carbonyl (C=O) groups is 2. The molecule has 3 atom stereocenters. The Bertz CT molecular complexity index is 643. The molecule has 2 fully saturated rings. The molecule has 3 unspecified atom stereocenters. The second-order valence-electron chi connectivity index (χ2n) is 6.26. The summed E-state index contributed by atoms with van der Waals surface area (Å²) in [5.41, 5.74) is -0.289. The van der Waals surface area contributed by atoms with Crippen molar-refractivity contribution >= 4 is 11.9 Å². The lowest BCUT2D eigenvalue weighted by atomic mass is 9.94. The monoisotopic (exact) mass is 325 g/mol. The largest absolute Gasteiger partial charge is 0.481 e. The molecule has 0 spiro atoms. The van der Waals surface area contributed by atoms with E-state index < -0.39 is 23.1 Å². The number of benzene rings is 1. The number of carbonyl (C=O) groups excluding carboxylic acids is 1. The first-order chi connectivity index (χ1) is 10.9. The van der Waals surface area contributed by atoms with Crippen molar-refractivity contribution in [2.45, 2.75) is 30.7 Å². The van der Waals surface area contributed by atoms with E-state index in [-0.39, 0.29) is 30.8 Å². The third-order valence-electron chi connectivity index (χ3n) is 4.48. The van der Waals surface area contributed by atoms with Crippen LogP contribution in [-0.4, -0.2) is 35.7 Å². The van der Waals surface area contributed by atoms with E-state index >= 15 is 0 Å². The molecule has 0 bridgehead atoms. The third kappa shape index (κ3) is 3.34. The van der Waals surface area contributed by atoms with Crippen molar-refractivity contribution in [2.75, 3.05) is 13.2 Å². The Kier molecular flexibility index (Phi) is 4.06. The number of hydrogen-bond acceptors (Lipinski definition) is 3. The summed E-state index contributed by atoms with van der Waals surface area (Å²) in [6.45, 7) is 0.582. The predicted octanol–water partition coefficient (Wildman–Crippen LogP) is 1.82. The van der Waals surface area contributed by atoms with E-state index in [9.17, 15) is 18.4 Å². The van der Waals surface area contributed by atoms with E-state index in [4.69, 9.17) is 9.84 Å². The lowest BCUT2D eigenvalue weighted by molar-refractivity contribution is -0.139. The minimum Gasteiger partial charge on any atom is -0.481 e. The van der Waals surface area contributed by atoms with E-state index in [0.717, 1.165) is 12.1 Å². The molecule has 2 aliphatic rings. The maximum absolute atomic E-state index is 13.3. The number of nitrogens with one attached hydrogen (secondary N) is 1. The molecule has 5 nitrogen and oxygen atoms in total. The van der Waals surface area contributed by atoms with Gasteiger partial charge in [-0.1, -0.05) is 6.07 Å². The summed E-state index contributed by atoms with van der Waals surface area (Å²) >= 11 is 0. The van der Waals surface area contributed by atoms with Crippen LogP contribution in [0.25, 0.3) is 0 Å². The molecular formula is C16H17F2NO4. The predicted molar refractivity (Wildman–Crippen MR) is 75.8 cm³/mol. The molecule has 7 heteroatoms. The first-order valence-corrected chi connectivity index (χ1v) is 7.47. The summed E-state index contributed by atoms with van der Waals surface area (Å²) < 4.78 is 31.5. The summed E-state index contributed by atoms with van der Waals surface area (Å²) in [7, 11) is 0. The van der Waals surface area contributed by atoms with Gasteiger partial charge in [0, 0.05) is 12.5 Å². The summed E-state index contributed by atoms with van der Waals surface area (Å²) in [6, 6.07) is 3.63. The molecular weight excluding hydrogens is 308 g/mol. The second-order valence-corrected chi connectivity index (χ2v) is 6.26. The van der Waals surface area contributed by atoms with Crippen molar-refractivity contribution in [3.05, 3.63) is 35.4 Å². The normalized spacial score (nSPS) is 29.3. The molecule has 0 aromatic heterocycles. The van der Waals surface area contributed by atoms with Gasteiger partial charge in [-0.05, 0) is 36.5 Å². The van der Waals surface area contributed by atoms with Gasteiger partial charge in [-0.15, -0.1) is 0 Å². The van der Waals surface area contributed by atoms with Crippen LogP contribution in [0, 0.1) is 17.6 Å². The van der Waals surface area contributed by atoms with Gasteiger partial charge in [0.05, 0.1) is 18.6 Å². The van der Waals surface area contributed by atoms with Crippen LogP contribution in [0.4, 0.5) is 8.78 Å². The van der Waals surface area contributed by atoms with Gasteiger partial charge in [0.25, 0.3) is 0 Å². The topological polar surface area (TPSA) is 75.6 Å². The molecule has 1 saturated carbocycles. The Balaban J connectivity index is 1.65. The van der Waals surface area contributed by atoms with Crippen molar-refractivity contribution in [2.24, 2.45) is 5.92 Å². The minimum absolute atomic E-state index is 0.158. The highest BCUT2D eigenvalue weighted by molar-refractivity contribution is 5.84. The number of hydrogen-bond donors (Lipinski definition) is 2. The Morgan fingerprint density at radius 3 is 2.74 bits per heavy atom. The van der Waals surface area contributed by atoms with Crippen molar-refractivity contribution in [3.63, 3.8) is 0 Å². The van der Waals surface area contributed by atoms with Crippen molar-refractivity contribution < 1.29 is 28.2 Å². The van der Waals surface area contributed by atoms with E-state index in [0.29, 0.717) is 25.0 Å². The van der Waals surface area contributed by atoms with Crippen LogP contribution in [0.3, 0.4) is 0 Å². The van der Waals surface area contributed by atoms with Gasteiger partial charge < -0.3 is 15.2 Å². The molecule has 1 saturated heterocycles. The summed E-state index contributed by atoms with van der Waals surface area (Å²) in [4.78, 5) is 23.4. The lowest BCUT2D eigenvalue weighted by Crippen LogP contribution is -2.51. The average Bonchev–Trinajstić information content (AvgIpc) is 3.16. The highest BCUT2D eigenvalue weighted by Crippen LogP contribution is 2.48. The van der Waals surface area contributed by atoms with Gasteiger partial charge in [-0.3, -0.25) is 9.59 Å². The summed E-state index contributed by atoms with van der Waals surface area (Å²) in [5.74, 6) is -3.60. The maximum atomic E-state index is 13.3. The summed E-state index contributed by atoms with van der Waals surface area (Å²) in [5, 5.41) is 11.8. The van der Waals surface area contributed by atoms with Crippen LogP contribution >= 0.6 is 0 Å². The zero-order valence-corrected chi connectivity index (χ0v) is 12.4. The standard InChI is InChI=1S/C16H17F2NO4/c17-12-2-1-9(5-13(12)18)10-6-11(10)15(22)19-16(7-14(20)21)3-4-23-8-16/h1-2,5,10-11H,3-4,6-8H2,(H,19,22)(H,20,21). The van der Waals surface area contributed by atoms with E-state index in [2.05, 4.69) is 5.32 Å². The molecule has 1 amide bonds. The molecule has 1 aliphatic carbocycles. The molecule has 0 radical (unpaired) electrons. The molecule has 1 aromatic carbocycles. The smallest absolute Gasteiger partial charge is 0.305 e. The number of carboxylic acids is 1. The van der Waals surface area contributed by atoms with Gasteiger partial charge in [-0.2, -0.15) is 0 Å². The number of halogens is 2. The lowest BCUT2D eigenvalue weighted by Gasteiger charge is -2.27. The Labute approximate surface area is 131 Å². The Morgan fingerprint density at radius 2 is 2.13 bits per heavy atom. The second kappa shape index (κ2) is 5.88. The number of amides is 1. The van der Waals surface area contributed by atoms with Gasteiger partial charge in [0.2, 0.25) is 5.91 Å². The molecule has 23 heavy (non-hydrogen) atoms. The molecule has 1 aromatic rings. The molecule has 1 heterocycles. The highest BCUT2D eigenvalue weighted by Gasteiger charge is 2.48. The van der Waals surface area contributed by atoms with Gasteiger partial charge in [0.15, 0.2) is 11.6 Å². The molecule has 3 rings (SSSR count). The van der Waals surface area contributed by atoms with Crippen LogP contribution < -0.4 is 5.32 Å². The first kappa shape index (κ1) is 15.9. The molecule has 2 N–H and O–H groups in total. The van der Waals surface area contributed by atoms with Crippen LogP contribution in [0.1, 0.15) is 30.7 Å². The first-order valence-electron chi connectivity index (χ1n) is 7.47. The van der Waals surface area contributed by atoms with Crippen molar-refractivity contribution in [1.29, 1.82) is 0 Å². The number of carboxylic acid groups (broad SMARTS) is 1. The Hall–Kier alpha value is -2.02. The van der Waals surface area contributed by atoms with E-state index in [1.54, 1.807) is 0 Å². The van der Waals surface area contributed by atoms with Crippen LogP contribution in [0.15, 0.2) is 18.2 Å². The van der Waals surface area contributed by atoms with Gasteiger partial charge in [0.1, 0.15) is 0 Å². The zero-order chi connectivity index (χ0) is 16.6. The Morgan fingerprint density at radius 1 is 1.35 bits per heavy atom. The van der Waals surface area contributed by atoms with E-state index in [1.807, 2.05) is 0 Å². The minimum atomic E-state index is -0.997. The zero-order valence-electron chi connectivity index (χ0n) is 12.4. The fourth-order valence-electron chi connectivity index (χ4n) is 3.13. The van der Waals surface area contributed by atoms with Crippen LogP contribution in [0.2, 0.25) is 0 Å². The van der Waals surface area contributed by atoms with E-state index in [1.165, 1.54) is 6.07 Å². The fourth-order valence-corrected chi connectivity index (χ4v) is 3.13. The number of ether oxygens (including phenoxy) is 1. The number of aliphatic carboxylic acids is 1. The fraction of sp³-hybridized carbons (Fsp3) is 0.500. The maximum Gasteiger partial charge on any atom is 0.305 e. The molecule has 1 aliphatic heterocycles. The van der Waals surface area contributed by atoms with Crippen LogP contribution in [-0.2, 0) is 14.3 Å². The number of rotatable bonds is 5. The van der Waals surface area contributed by atoms with Crippen molar-refractivity contribution in [1.82, 2.24) is 5.32 Å². The molecule has 124 valence electrons. The van der Waals surface area contributed by atoms with Gasteiger partial charge in [-0.25, -0.2) is 8.78 Å². The average molecular weight is 325 g/mol. The van der Waals surface area contributed by atoms with Crippen LogP contribution in [0.5, 0.6) is 0 Å². The van der Waals surface area contributed by atoms with Crippen molar-refractivity contribution in [3.8, 4) is 0 Å². The third-order valence-corrected chi connectivity index (χ3v) is 4.48.